The lowest BCUT2D eigenvalue weighted by atomic mass is 9.85. The minimum atomic E-state index is -1.07. The fraction of sp³-hybridized carbons (Fsp3) is 0.435. The number of nitrogens with two attached hydrogens (primary N) is 1. The first-order valence-corrected chi connectivity index (χ1v) is 41.3. The number of aromatic nitrogens is 6. The zero-order valence-corrected chi connectivity index (χ0v) is 66.6. The fourth-order valence-electron chi connectivity index (χ4n) is 18.2. The number of carbonyl (C=O) groups excluding carboxylic acids is 3. The summed E-state index contributed by atoms with van der Waals surface area (Å²) in [6.07, 6.45) is 22.0. The number of anilines is 2. The van der Waals surface area contributed by atoms with Crippen molar-refractivity contribution >= 4 is 57.1 Å². The van der Waals surface area contributed by atoms with Crippen LogP contribution in [0.25, 0.3) is 44.3 Å². The summed E-state index contributed by atoms with van der Waals surface area (Å²) < 4.78 is 14.9. The predicted octanol–water partition coefficient (Wildman–Crippen LogP) is 15.0. The number of amides is 3. The Bertz CT molecular complexity index is 4960. The Hall–Kier alpha value is -10.2. The number of hydrogen-bond donors (Lipinski definition) is 7. The number of pyridine rings is 2. The first kappa shape index (κ1) is 79.5. The van der Waals surface area contributed by atoms with E-state index in [0.29, 0.717) is 68.9 Å². The number of carboxylic acid groups (broad SMARTS) is 1. The standard InChI is InChI=1S/C46H55N7O3.C24H29N5O4.C22H28N2/c1-4-42-40(43(50-37-17-19-56-20-18-37)41-29-49-53(5-2)44(41)51-42)28-48-46(55)36-14-8-13-35(26-36)45(54)47-27-31-10-7-12-34(23-31)33-11-6-9-30(22-33)21-32-24-38-15-16-39(25-32)52(38)3;1-3-20-18(13-25-23(30)15-6-5-7-16(12-15)24(31)32)21(27-17-8-10-33-11-9-17)19-14-26-29(4-2)22(19)28-20;1-24-21-8-9-22(24)14-18(13-21)10-16-4-2-6-19(11-16)20-7-3-5-17(12-20)15-23/h6-14,22-23,26,29,32,37-39H,4-5,15-21,24-25,27-28H2,1-3H3,(H,47,54)(H,48,55)(H,50,51);5-7,12,14,17H,3-4,8-11,13H2,1-2H3,(H,25,30)(H,27,28)(H,31,32);2-7,11-12,18,21-22H,8-10,13-15,23H2,1H3. The molecule has 21 heteroatoms. The highest BCUT2D eigenvalue weighted by molar-refractivity contribution is 6.01. The molecular weight excluding hydrogens is 1410 g/mol. The second kappa shape index (κ2) is 37.2. The summed E-state index contributed by atoms with van der Waals surface area (Å²) in [6.45, 7) is 14.1. The number of carboxylic acids is 1. The molecule has 6 fully saturated rings. The van der Waals surface area contributed by atoms with E-state index in [2.05, 4.69) is 166 Å². The van der Waals surface area contributed by atoms with Crippen LogP contribution in [0.4, 0.5) is 11.4 Å². The van der Waals surface area contributed by atoms with Crippen molar-refractivity contribution in [2.75, 3.05) is 51.2 Å². The molecule has 3 amide bonds. The number of fused-ring (bicyclic) bond motifs is 6. The largest absolute Gasteiger partial charge is 0.478 e. The number of carbonyl (C=O) groups is 4. The van der Waals surface area contributed by atoms with E-state index in [0.717, 1.165) is 155 Å². The first-order chi connectivity index (χ1) is 55.1. The van der Waals surface area contributed by atoms with Gasteiger partial charge in [-0.3, -0.25) is 14.4 Å². The second-order valence-corrected chi connectivity index (χ2v) is 31.7. The van der Waals surface area contributed by atoms with Crippen LogP contribution in [-0.4, -0.2) is 145 Å². The molecule has 0 spiro atoms. The Kier molecular flexibility index (Phi) is 26.2. The van der Waals surface area contributed by atoms with Gasteiger partial charge in [0.05, 0.1) is 40.1 Å². The van der Waals surface area contributed by atoms with Crippen LogP contribution in [0.15, 0.2) is 158 Å². The smallest absolute Gasteiger partial charge is 0.335 e. The lowest BCUT2D eigenvalue weighted by Crippen LogP contribution is -2.40. The number of nitrogens with zero attached hydrogens (tertiary/aromatic N) is 8. The molecule has 16 rings (SSSR count). The molecule has 21 nitrogen and oxygen atoms in total. The molecule has 0 aliphatic carbocycles. The zero-order chi connectivity index (χ0) is 78.5. The van der Waals surface area contributed by atoms with Crippen LogP contribution < -0.4 is 32.3 Å². The number of nitrogens with one attached hydrogen (secondary N) is 5. The maximum absolute atomic E-state index is 13.6. The molecule has 8 N–H and O–H groups in total. The number of piperidine rings is 2. The number of hydrogen-bond acceptors (Lipinski definition) is 15. The van der Waals surface area contributed by atoms with Crippen LogP contribution in [-0.2, 0) is 74.4 Å². The Balaban J connectivity index is 0.000000156. The molecule has 4 unspecified atom stereocenters. The minimum absolute atomic E-state index is 0.0776. The zero-order valence-electron chi connectivity index (χ0n) is 66.6. The van der Waals surface area contributed by atoms with E-state index < -0.39 is 5.97 Å². The molecule has 0 saturated carbocycles. The van der Waals surface area contributed by atoms with Crippen LogP contribution in [0.5, 0.6) is 0 Å². The SMILES string of the molecule is CCc1nc2c(cnn2CC)c(NC2CCOCC2)c1CNC(=O)c1cccc(C(=O)NCc2cccc(-c3cccc(CC4CC5CCC(C4)N5C)c3)c2)c1.CCc1nc2c(cnn2CC)c(NC2CCOCC2)c1CNC(=O)c1cccc(C(=O)O)c1.CN1C2CCC1CC(Cc1cccc(-c3cccc(CN)c3)c1)C2. The van der Waals surface area contributed by atoms with E-state index in [1.807, 2.05) is 41.7 Å². The number of aromatic carboxylic acids is 1. The van der Waals surface area contributed by atoms with Crippen molar-refractivity contribution in [3.63, 3.8) is 0 Å². The summed E-state index contributed by atoms with van der Waals surface area (Å²) in [5.41, 5.74) is 24.4. The lowest BCUT2D eigenvalue weighted by Gasteiger charge is -2.36. The van der Waals surface area contributed by atoms with Crippen molar-refractivity contribution in [1.82, 2.24) is 55.3 Å². The number of rotatable bonds is 25. The third kappa shape index (κ3) is 19.1. The van der Waals surface area contributed by atoms with Crippen LogP contribution in [0.3, 0.4) is 0 Å². The predicted molar refractivity (Wildman–Crippen MR) is 447 cm³/mol. The molecule has 6 aliphatic heterocycles. The van der Waals surface area contributed by atoms with Crippen molar-refractivity contribution in [3.05, 3.63) is 225 Å². The minimum Gasteiger partial charge on any atom is -0.478 e. The summed E-state index contributed by atoms with van der Waals surface area (Å²) in [7, 11) is 4.63. The molecule has 0 radical (unpaired) electrons. The van der Waals surface area contributed by atoms with Crippen molar-refractivity contribution < 1.29 is 33.8 Å². The van der Waals surface area contributed by atoms with Gasteiger partial charge in [-0.15, -0.1) is 0 Å². The molecule has 113 heavy (non-hydrogen) atoms. The van der Waals surface area contributed by atoms with Crippen LogP contribution in [0, 0.1) is 11.8 Å². The summed E-state index contributed by atoms with van der Waals surface area (Å²) in [4.78, 5) is 66.2. The van der Waals surface area contributed by atoms with E-state index in [1.54, 1.807) is 36.4 Å². The average molecular weight is 1530 g/mol. The molecule has 10 aromatic rings. The summed E-state index contributed by atoms with van der Waals surface area (Å²) in [5.74, 6) is -0.269. The van der Waals surface area contributed by atoms with Gasteiger partial charge in [0.2, 0.25) is 0 Å². The summed E-state index contributed by atoms with van der Waals surface area (Å²) >= 11 is 0. The average Bonchev–Trinajstić information content (AvgIpc) is 1.72. The van der Waals surface area contributed by atoms with E-state index in [4.69, 9.17) is 25.2 Å². The molecule has 10 heterocycles. The highest BCUT2D eigenvalue weighted by atomic mass is 16.5. The Morgan fingerprint density at radius 2 is 0.805 bits per heavy atom. The highest BCUT2D eigenvalue weighted by Crippen LogP contribution is 2.42. The van der Waals surface area contributed by atoms with Gasteiger partial charge < -0.3 is 56.7 Å². The van der Waals surface area contributed by atoms with Gasteiger partial charge >= 0.3 is 5.97 Å². The Labute approximate surface area is 664 Å². The van der Waals surface area contributed by atoms with Crippen LogP contribution in [0.1, 0.15) is 191 Å². The fourth-order valence-corrected chi connectivity index (χ4v) is 18.2. The van der Waals surface area contributed by atoms with E-state index >= 15 is 0 Å². The molecule has 4 bridgehead atoms. The molecule has 6 aromatic carbocycles. The molecular formula is C92H112N14O7. The monoisotopic (exact) mass is 1520 g/mol. The van der Waals surface area contributed by atoms with Crippen molar-refractivity contribution in [1.29, 1.82) is 0 Å². The van der Waals surface area contributed by atoms with Gasteiger partial charge in [0.1, 0.15) is 0 Å². The van der Waals surface area contributed by atoms with Gasteiger partial charge in [-0.2, -0.15) is 10.2 Å². The van der Waals surface area contributed by atoms with Crippen LogP contribution >= 0.6 is 0 Å². The summed E-state index contributed by atoms with van der Waals surface area (Å²) in [5, 5.41) is 36.8. The second-order valence-electron chi connectivity index (χ2n) is 31.7. The quantitative estimate of drug-likeness (QED) is 0.0281. The number of ether oxygens (including phenoxy) is 2. The number of benzene rings is 6. The van der Waals surface area contributed by atoms with Gasteiger partial charge in [-0.1, -0.05) is 111 Å². The Morgan fingerprint density at radius 1 is 0.451 bits per heavy atom. The molecule has 6 aliphatic rings. The maximum Gasteiger partial charge on any atom is 0.335 e. The highest BCUT2D eigenvalue weighted by Gasteiger charge is 2.40. The third-order valence-electron chi connectivity index (χ3n) is 24.5. The van der Waals surface area contributed by atoms with Gasteiger partial charge in [0, 0.05) is 141 Å². The van der Waals surface area contributed by atoms with Crippen molar-refractivity contribution in [3.8, 4) is 22.3 Å². The number of aryl methyl sites for hydroxylation is 4. The third-order valence-corrected chi connectivity index (χ3v) is 24.5. The van der Waals surface area contributed by atoms with Gasteiger partial charge in [-0.25, -0.2) is 24.1 Å². The van der Waals surface area contributed by atoms with Crippen LogP contribution in [0.2, 0.25) is 0 Å². The Morgan fingerprint density at radius 3 is 1.19 bits per heavy atom. The molecule has 4 aromatic heterocycles. The van der Waals surface area contributed by atoms with E-state index in [-0.39, 0.29) is 41.9 Å². The molecule has 4 atom stereocenters. The van der Waals surface area contributed by atoms with Gasteiger partial charge in [-0.05, 0) is 236 Å². The lowest BCUT2D eigenvalue weighted by molar-refractivity contribution is 0.0696. The summed E-state index contributed by atoms with van der Waals surface area (Å²) in [6, 6.07) is 51.7. The normalized spacial score (nSPS) is 19.7. The van der Waals surface area contributed by atoms with E-state index in [9.17, 15) is 24.3 Å². The first-order valence-electron chi connectivity index (χ1n) is 41.3. The molecule has 6 saturated heterocycles. The van der Waals surface area contributed by atoms with E-state index in [1.165, 1.54) is 103 Å². The maximum atomic E-state index is 13.6. The van der Waals surface area contributed by atoms with Crippen molar-refractivity contribution in [2.24, 2.45) is 17.6 Å². The topological polar surface area (TPSA) is 261 Å². The van der Waals surface area contributed by atoms with Gasteiger partial charge in [0.15, 0.2) is 11.3 Å². The van der Waals surface area contributed by atoms with Gasteiger partial charge in [0.25, 0.3) is 17.7 Å². The molecule has 592 valence electrons. The van der Waals surface area contributed by atoms with Crippen molar-refractivity contribution in [2.45, 2.75) is 206 Å².